The summed E-state index contributed by atoms with van der Waals surface area (Å²) in [4.78, 5) is 2.80. The summed E-state index contributed by atoms with van der Waals surface area (Å²) >= 11 is 0. The molecule has 0 aromatic heterocycles. The normalized spacial score (nSPS) is 42.1. The molecule has 1 saturated heterocycles. The van der Waals surface area contributed by atoms with Crippen LogP contribution in [0.3, 0.4) is 0 Å². The molecule has 2 aliphatic rings. The Kier molecular flexibility index (Phi) is 6.55. The van der Waals surface area contributed by atoms with Gasteiger partial charge in [-0.15, -0.1) is 0 Å². The third kappa shape index (κ3) is 4.45. The fourth-order valence-corrected chi connectivity index (χ4v) is 4.73. The zero-order chi connectivity index (χ0) is 15.4. The summed E-state index contributed by atoms with van der Waals surface area (Å²) in [5, 5.41) is 3.87. The van der Waals surface area contributed by atoms with Gasteiger partial charge in [0.1, 0.15) is 0 Å². The Bertz CT molecular complexity index is 304. The molecule has 1 N–H and O–H groups in total. The van der Waals surface area contributed by atoms with Gasteiger partial charge >= 0.3 is 0 Å². The fourth-order valence-electron chi connectivity index (χ4n) is 4.73. The van der Waals surface area contributed by atoms with Crippen molar-refractivity contribution in [2.45, 2.75) is 78.8 Å². The van der Waals surface area contributed by atoms with E-state index in [9.17, 15) is 0 Å². The molecule has 6 atom stereocenters. The van der Waals surface area contributed by atoms with E-state index in [1.54, 1.807) is 0 Å². The van der Waals surface area contributed by atoms with Gasteiger partial charge in [0.2, 0.25) is 0 Å². The van der Waals surface area contributed by atoms with Gasteiger partial charge in [-0.3, -0.25) is 0 Å². The van der Waals surface area contributed by atoms with Crippen LogP contribution in [0.4, 0.5) is 0 Å². The van der Waals surface area contributed by atoms with Crippen LogP contribution >= 0.6 is 0 Å². The predicted molar refractivity (Wildman–Crippen MR) is 92.6 cm³/mol. The summed E-state index contributed by atoms with van der Waals surface area (Å²) in [7, 11) is 0. The monoisotopic (exact) mass is 294 g/mol. The van der Waals surface area contributed by atoms with Crippen molar-refractivity contribution in [2.24, 2.45) is 23.7 Å². The molecule has 2 fully saturated rings. The van der Waals surface area contributed by atoms with Crippen LogP contribution in [-0.2, 0) is 0 Å². The van der Waals surface area contributed by atoms with E-state index in [1.165, 1.54) is 51.7 Å². The lowest BCUT2D eigenvalue weighted by Crippen LogP contribution is -2.52. The van der Waals surface area contributed by atoms with Crippen LogP contribution in [0.5, 0.6) is 0 Å². The average Bonchev–Trinajstić information content (AvgIpc) is 2.44. The number of nitrogens with one attached hydrogen (secondary N) is 1. The molecular weight excluding hydrogens is 256 g/mol. The van der Waals surface area contributed by atoms with Gasteiger partial charge in [0.25, 0.3) is 0 Å². The van der Waals surface area contributed by atoms with Crippen LogP contribution in [0.1, 0.15) is 66.7 Å². The zero-order valence-corrected chi connectivity index (χ0v) is 15.1. The number of rotatable bonds is 5. The zero-order valence-electron chi connectivity index (χ0n) is 15.1. The molecule has 1 heterocycles. The summed E-state index contributed by atoms with van der Waals surface area (Å²) in [5.41, 5.74) is 0. The van der Waals surface area contributed by atoms with Crippen molar-refractivity contribution in [3.8, 4) is 0 Å². The van der Waals surface area contributed by atoms with E-state index >= 15 is 0 Å². The van der Waals surface area contributed by atoms with Crippen molar-refractivity contribution in [2.75, 3.05) is 19.6 Å². The van der Waals surface area contributed by atoms with E-state index in [1.807, 2.05) is 0 Å². The maximum atomic E-state index is 3.87. The van der Waals surface area contributed by atoms with Gasteiger partial charge in [0.15, 0.2) is 0 Å². The summed E-state index contributed by atoms with van der Waals surface area (Å²) in [6.07, 6.45) is 6.88. The molecular formula is C19H38N2. The molecule has 0 aromatic rings. The fraction of sp³-hybridized carbons (Fsp3) is 1.00. The Morgan fingerprint density at radius 2 is 1.81 bits per heavy atom. The minimum absolute atomic E-state index is 0.744. The predicted octanol–water partition coefficient (Wildman–Crippen LogP) is 4.16. The van der Waals surface area contributed by atoms with Crippen LogP contribution in [0.15, 0.2) is 0 Å². The van der Waals surface area contributed by atoms with E-state index < -0.39 is 0 Å². The molecule has 124 valence electrons. The van der Waals surface area contributed by atoms with E-state index in [4.69, 9.17) is 0 Å². The van der Waals surface area contributed by atoms with Crippen molar-refractivity contribution >= 4 is 0 Å². The second-order valence-electron chi connectivity index (χ2n) is 8.13. The molecule has 2 nitrogen and oxygen atoms in total. The van der Waals surface area contributed by atoms with Crippen LogP contribution in [-0.4, -0.2) is 36.6 Å². The third-order valence-corrected chi connectivity index (χ3v) is 6.28. The van der Waals surface area contributed by atoms with Gasteiger partial charge in [0, 0.05) is 18.6 Å². The first-order valence-electron chi connectivity index (χ1n) is 9.50. The number of hydrogen-bond donors (Lipinski definition) is 1. The molecule has 0 radical (unpaired) electrons. The molecule has 0 spiro atoms. The van der Waals surface area contributed by atoms with Gasteiger partial charge in [0.05, 0.1) is 0 Å². The Balaban J connectivity index is 1.99. The van der Waals surface area contributed by atoms with Gasteiger partial charge in [-0.1, -0.05) is 27.7 Å². The summed E-state index contributed by atoms with van der Waals surface area (Å²) in [5.74, 6) is 3.48. The second kappa shape index (κ2) is 7.97. The molecule has 2 rings (SSSR count). The minimum atomic E-state index is 0.744. The quantitative estimate of drug-likeness (QED) is 0.819. The summed E-state index contributed by atoms with van der Waals surface area (Å²) < 4.78 is 0. The Morgan fingerprint density at radius 3 is 2.52 bits per heavy atom. The molecule has 6 unspecified atom stereocenters. The number of nitrogens with zero attached hydrogens (tertiary/aromatic N) is 1. The van der Waals surface area contributed by atoms with Crippen molar-refractivity contribution in [1.82, 2.24) is 10.2 Å². The van der Waals surface area contributed by atoms with Crippen molar-refractivity contribution in [3.05, 3.63) is 0 Å². The lowest BCUT2D eigenvalue weighted by Gasteiger charge is -2.46. The van der Waals surface area contributed by atoms with E-state index in [-0.39, 0.29) is 0 Å². The number of likely N-dealkylation sites (tertiary alicyclic amines) is 1. The highest BCUT2D eigenvalue weighted by atomic mass is 15.2. The van der Waals surface area contributed by atoms with Gasteiger partial charge in [-0.2, -0.15) is 0 Å². The topological polar surface area (TPSA) is 15.3 Å². The van der Waals surface area contributed by atoms with E-state index in [2.05, 4.69) is 44.8 Å². The third-order valence-electron chi connectivity index (χ3n) is 6.28. The highest BCUT2D eigenvalue weighted by Crippen LogP contribution is 2.36. The SMILES string of the molecule is CCCNC1CC(C)CC(C)C1CN1CCCC(C)C1C. The Morgan fingerprint density at radius 1 is 1.05 bits per heavy atom. The second-order valence-corrected chi connectivity index (χ2v) is 8.13. The van der Waals surface area contributed by atoms with Crippen LogP contribution < -0.4 is 5.32 Å². The van der Waals surface area contributed by atoms with Crippen molar-refractivity contribution < 1.29 is 0 Å². The average molecular weight is 295 g/mol. The van der Waals surface area contributed by atoms with Crippen LogP contribution in [0, 0.1) is 23.7 Å². The molecule has 0 aromatic carbocycles. The first-order chi connectivity index (χ1) is 10.0. The first kappa shape index (κ1) is 17.3. The summed E-state index contributed by atoms with van der Waals surface area (Å²) in [6.45, 7) is 16.0. The molecule has 0 amide bonds. The smallest absolute Gasteiger partial charge is 0.0113 e. The van der Waals surface area contributed by atoms with E-state index in [0.717, 1.165) is 35.8 Å². The standard InChI is InChI=1S/C19H38N2/c1-6-9-20-19-12-14(2)11-16(4)18(19)13-21-10-7-8-15(3)17(21)5/h14-20H,6-13H2,1-5H3. The highest BCUT2D eigenvalue weighted by Gasteiger charge is 2.36. The summed E-state index contributed by atoms with van der Waals surface area (Å²) in [6, 6.07) is 1.52. The van der Waals surface area contributed by atoms with Crippen molar-refractivity contribution in [1.29, 1.82) is 0 Å². The lowest BCUT2D eigenvalue weighted by atomic mass is 9.71. The molecule has 2 heteroatoms. The van der Waals surface area contributed by atoms with Crippen molar-refractivity contribution in [3.63, 3.8) is 0 Å². The van der Waals surface area contributed by atoms with Crippen LogP contribution in [0.2, 0.25) is 0 Å². The van der Waals surface area contributed by atoms with Crippen LogP contribution in [0.25, 0.3) is 0 Å². The lowest BCUT2D eigenvalue weighted by molar-refractivity contribution is 0.0486. The van der Waals surface area contributed by atoms with E-state index in [0.29, 0.717) is 0 Å². The molecule has 1 saturated carbocycles. The highest BCUT2D eigenvalue weighted by molar-refractivity contribution is 4.91. The molecule has 0 bridgehead atoms. The minimum Gasteiger partial charge on any atom is -0.314 e. The Hall–Kier alpha value is -0.0800. The Labute approximate surface area is 133 Å². The van der Waals surface area contributed by atoms with Gasteiger partial charge < -0.3 is 10.2 Å². The maximum absolute atomic E-state index is 3.87. The maximum Gasteiger partial charge on any atom is 0.0113 e. The molecule has 21 heavy (non-hydrogen) atoms. The number of hydrogen-bond acceptors (Lipinski definition) is 2. The van der Waals surface area contributed by atoms with Gasteiger partial charge in [-0.05, 0) is 75.8 Å². The molecule has 1 aliphatic heterocycles. The largest absolute Gasteiger partial charge is 0.314 e. The number of piperidine rings is 1. The first-order valence-corrected chi connectivity index (χ1v) is 9.50. The molecule has 1 aliphatic carbocycles. The van der Waals surface area contributed by atoms with Gasteiger partial charge in [-0.25, -0.2) is 0 Å².